The fourth-order valence-electron chi connectivity index (χ4n) is 2.14. The minimum absolute atomic E-state index is 0.101. The van der Waals surface area contributed by atoms with Gasteiger partial charge in [0.2, 0.25) is 0 Å². The number of hydrogen-bond donors (Lipinski definition) is 0. The first kappa shape index (κ1) is 26.1. The van der Waals surface area contributed by atoms with E-state index in [0.717, 1.165) is 19.3 Å². The van der Waals surface area contributed by atoms with Crippen molar-refractivity contribution < 1.29 is 13.9 Å². The number of ether oxygens (including phenoxy) is 1. The van der Waals surface area contributed by atoms with Gasteiger partial charge in [0.15, 0.2) is 11.6 Å². The van der Waals surface area contributed by atoms with Gasteiger partial charge in [0, 0.05) is 23.4 Å². The Bertz CT molecular complexity index is 473. The molecule has 0 amide bonds. The summed E-state index contributed by atoms with van der Waals surface area (Å²) in [4.78, 5) is 11.5. The van der Waals surface area contributed by atoms with Crippen molar-refractivity contribution in [3.63, 3.8) is 0 Å². The maximum atomic E-state index is 14.1. The summed E-state index contributed by atoms with van der Waals surface area (Å²) < 4.78 is 19.4. The lowest BCUT2D eigenvalue weighted by molar-refractivity contribution is -0.122. The molecule has 1 aromatic rings. The highest BCUT2D eigenvalue weighted by atomic mass is 35.5. The van der Waals surface area contributed by atoms with Crippen LogP contribution in [-0.4, -0.2) is 12.4 Å². The van der Waals surface area contributed by atoms with Crippen LogP contribution in [0.3, 0.4) is 0 Å². The third kappa shape index (κ3) is 11.2. The zero-order valence-corrected chi connectivity index (χ0v) is 17.8. The van der Waals surface area contributed by atoms with Crippen LogP contribution in [0.5, 0.6) is 5.75 Å². The van der Waals surface area contributed by atoms with E-state index in [1.807, 2.05) is 48.5 Å². The molecule has 4 heteroatoms. The van der Waals surface area contributed by atoms with Crippen LogP contribution in [0, 0.1) is 11.7 Å². The number of aryl methyl sites for hydroxylation is 1. The Morgan fingerprint density at radius 3 is 2.24 bits per heavy atom. The van der Waals surface area contributed by atoms with Crippen LogP contribution < -0.4 is 4.74 Å². The second-order valence-corrected chi connectivity index (χ2v) is 5.93. The minimum atomic E-state index is -0.320. The normalized spacial score (nSPS) is 9.68. The minimum Gasteiger partial charge on any atom is -0.491 e. The first-order valence-corrected chi connectivity index (χ1v) is 9.97. The molecule has 25 heavy (non-hydrogen) atoms. The van der Waals surface area contributed by atoms with Gasteiger partial charge in [0.1, 0.15) is 5.78 Å². The Hall–Kier alpha value is -1.09. The highest BCUT2D eigenvalue weighted by Gasteiger charge is 2.11. The van der Waals surface area contributed by atoms with Gasteiger partial charge in [0.25, 0.3) is 0 Å². The van der Waals surface area contributed by atoms with E-state index in [2.05, 4.69) is 0 Å². The molecule has 0 saturated carbocycles. The summed E-state index contributed by atoms with van der Waals surface area (Å²) in [6, 6.07) is 3.16. The van der Waals surface area contributed by atoms with Crippen LogP contribution in [0.4, 0.5) is 4.39 Å². The van der Waals surface area contributed by atoms with Crippen LogP contribution in [0.1, 0.15) is 79.7 Å². The van der Waals surface area contributed by atoms with E-state index in [9.17, 15) is 9.18 Å². The number of ketones is 1. The number of benzene rings is 1. The number of unbranched alkanes of at least 4 members (excludes halogenated alkanes) is 2. The molecule has 0 fully saturated rings. The topological polar surface area (TPSA) is 26.3 Å². The molecule has 0 bridgehead atoms. The van der Waals surface area contributed by atoms with E-state index < -0.39 is 0 Å². The molecule has 2 nitrogen and oxygen atoms in total. The van der Waals surface area contributed by atoms with Crippen molar-refractivity contribution in [2.75, 3.05) is 6.61 Å². The van der Waals surface area contributed by atoms with Gasteiger partial charge in [-0.3, -0.25) is 4.79 Å². The molecule has 0 aliphatic rings. The standard InChI is InChI=1S/C17H24ClFO2.2C2H6/c1-4-21-16-11-14(18)10-13(17(16)19)8-6-5-7-9-15(20)12(2)3;2*1-2/h10-12H,4-9H2,1-3H3;2*1-2H3. The van der Waals surface area contributed by atoms with Crippen LogP contribution in [-0.2, 0) is 11.2 Å². The fourth-order valence-corrected chi connectivity index (χ4v) is 2.37. The predicted molar refractivity (Wildman–Crippen MR) is 107 cm³/mol. The lowest BCUT2D eigenvalue weighted by atomic mass is 10.0. The van der Waals surface area contributed by atoms with E-state index in [1.165, 1.54) is 6.07 Å². The van der Waals surface area contributed by atoms with Gasteiger partial charge in [-0.2, -0.15) is 0 Å². The van der Waals surface area contributed by atoms with E-state index in [-0.39, 0.29) is 17.5 Å². The second kappa shape index (κ2) is 16.4. The van der Waals surface area contributed by atoms with Crippen molar-refractivity contribution in [2.45, 2.75) is 80.6 Å². The number of carbonyl (C=O) groups excluding carboxylic acids is 1. The third-order valence-electron chi connectivity index (χ3n) is 3.39. The van der Waals surface area contributed by atoms with Crippen molar-refractivity contribution >= 4 is 17.4 Å². The molecular weight excluding hydrogens is 339 g/mol. The molecule has 0 N–H and O–H groups in total. The summed E-state index contributed by atoms with van der Waals surface area (Å²) >= 11 is 5.98. The first-order valence-electron chi connectivity index (χ1n) is 9.59. The van der Waals surface area contributed by atoms with Crippen molar-refractivity contribution in [3.8, 4) is 5.75 Å². The largest absolute Gasteiger partial charge is 0.491 e. The highest BCUT2D eigenvalue weighted by molar-refractivity contribution is 6.30. The maximum Gasteiger partial charge on any atom is 0.168 e. The summed E-state index contributed by atoms with van der Waals surface area (Å²) in [5.74, 6) is 0.293. The average molecular weight is 375 g/mol. The number of rotatable bonds is 9. The zero-order valence-electron chi connectivity index (χ0n) is 17.0. The van der Waals surface area contributed by atoms with E-state index >= 15 is 0 Å². The van der Waals surface area contributed by atoms with Crippen molar-refractivity contribution in [3.05, 3.63) is 28.5 Å². The Morgan fingerprint density at radius 1 is 1.12 bits per heavy atom. The van der Waals surface area contributed by atoms with Crippen LogP contribution in [0.15, 0.2) is 12.1 Å². The summed E-state index contributed by atoms with van der Waals surface area (Å²) in [6.45, 7) is 14.1. The number of hydrogen-bond acceptors (Lipinski definition) is 2. The molecule has 0 aliphatic carbocycles. The summed E-state index contributed by atoms with van der Waals surface area (Å²) in [6.07, 6.45) is 3.84. The summed E-state index contributed by atoms with van der Waals surface area (Å²) in [5.41, 5.74) is 0.584. The lowest BCUT2D eigenvalue weighted by Crippen LogP contribution is -2.06. The van der Waals surface area contributed by atoms with Crippen molar-refractivity contribution in [1.82, 2.24) is 0 Å². The fraction of sp³-hybridized carbons (Fsp3) is 0.667. The van der Waals surface area contributed by atoms with Gasteiger partial charge >= 0.3 is 0 Å². The molecule has 0 saturated heterocycles. The van der Waals surface area contributed by atoms with E-state index in [1.54, 1.807) is 6.07 Å². The first-order chi connectivity index (χ1) is 12.0. The van der Waals surface area contributed by atoms with Gasteiger partial charge in [-0.25, -0.2) is 4.39 Å². The Kier molecular flexibility index (Phi) is 17.1. The third-order valence-corrected chi connectivity index (χ3v) is 3.61. The Labute approximate surface area is 159 Å². The van der Waals surface area contributed by atoms with Crippen molar-refractivity contribution in [2.24, 2.45) is 5.92 Å². The SMILES string of the molecule is CC.CC.CCOc1cc(Cl)cc(CCCCCC(=O)C(C)C)c1F. The number of Topliss-reactive ketones (excluding diaryl/α,β-unsaturated/α-hetero) is 1. The zero-order chi connectivity index (χ0) is 19.8. The van der Waals surface area contributed by atoms with Crippen molar-refractivity contribution in [1.29, 1.82) is 0 Å². The summed E-state index contributed by atoms with van der Waals surface area (Å²) in [7, 11) is 0. The number of carbonyl (C=O) groups is 1. The smallest absolute Gasteiger partial charge is 0.168 e. The van der Waals surface area contributed by atoms with Gasteiger partial charge in [-0.15, -0.1) is 0 Å². The quantitative estimate of drug-likeness (QED) is 0.425. The predicted octanol–water partition coefficient (Wildman–Crippen LogP) is 7.26. The Morgan fingerprint density at radius 2 is 1.72 bits per heavy atom. The Balaban J connectivity index is 0. The van der Waals surface area contributed by atoms with Gasteiger partial charge in [0.05, 0.1) is 6.61 Å². The van der Waals surface area contributed by atoms with Gasteiger partial charge < -0.3 is 4.74 Å². The molecule has 0 unspecified atom stereocenters. The molecule has 0 spiro atoms. The molecule has 146 valence electrons. The molecule has 0 radical (unpaired) electrons. The molecule has 1 aromatic carbocycles. The van der Waals surface area contributed by atoms with Gasteiger partial charge in [-0.1, -0.05) is 59.6 Å². The molecule has 0 heterocycles. The lowest BCUT2D eigenvalue weighted by Gasteiger charge is -2.10. The van der Waals surface area contributed by atoms with E-state index in [0.29, 0.717) is 35.8 Å². The molecule has 0 aliphatic heterocycles. The summed E-state index contributed by atoms with van der Waals surface area (Å²) in [5, 5.41) is 0.491. The van der Waals surface area contributed by atoms with E-state index in [4.69, 9.17) is 16.3 Å². The second-order valence-electron chi connectivity index (χ2n) is 5.49. The molecular formula is C21H36ClFO2. The molecule has 0 aromatic heterocycles. The highest BCUT2D eigenvalue weighted by Crippen LogP contribution is 2.27. The van der Waals surface area contributed by atoms with Gasteiger partial charge in [-0.05, 0) is 37.8 Å². The molecule has 0 atom stereocenters. The average Bonchev–Trinajstić information content (AvgIpc) is 2.61. The molecule has 1 rings (SSSR count). The number of halogens is 2. The van der Waals surface area contributed by atoms with Crippen LogP contribution in [0.2, 0.25) is 5.02 Å². The van der Waals surface area contributed by atoms with Crippen LogP contribution in [0.25, 0.3) is 0 Å². The maximum absolute atomic E-state index is 14.1. The monoisotopic (exact) mass is 374 g/mol. The van der Waals surface area contributed by atoms with Crippen LogP contribution >= 0.6 is 11.6 Å².